The molecular formula is C14H15ClFN3O. The van der Waals surface area contributed by atoms with Gasteiger partial charge >= 0.3 is 0 Å². The number of carbonyl (C=O) groups is 1. The van der Waals surface area contributed by atoms with Crippen LogP contribution in [-0.2, 0) is 11.3 Å². The van der Waals surface area contributed by atoms with Crippen molar-refractivity contribution >= 4 is 17.5 Å². The molecule has 4 nitrogen and oxygen atoms in total. The second kappa shape index (κ2) is 6.05. The third kappa shape index (κ3) is 3.17. The van der Waals surface area contributed by atoms with E-state index in [0.717, 1.165) is 0 Å². The number of aryl methyl sites for hydroxylation is 2. The van der Waals surface area contributed by atoms with Crippen LogP contribution >= 0.6 is 11.6 Å². The number of amides is 1. The Hall–Kier alpha value is -1.88. The summed E-state index contributed by atoms with van der Waals surface area (Å²) in [7, 11) is 1.59. The van der Waals surface area contributed by atoms with Gasteiger partial charge in [-0.25, -0.2) is 4.39 Å². The zero-order valence-electron chi connectivity index (χ0n) is 11.3. The van der Waals surface area contributed by atoms with Crippen molar-refractivity contribution in [3.63, 3.8) is 0 Å². The minimum absolute atomic E-state index is 0.0580. The highest BCUT2D eigenvalue weighted by Crippen LogP contribution is 2.27. The molecule has 1 aromatic carbocycles. The SMILES string of the molecule is CNC(=O)CCn1cc(-c2ccc(Cl)cc2F)c(C)n1. The first-order valence-electron chi connectivity index (χ1n) is 6.21. The van der Waals surface area contributed by atoms with Crippen molar-refractivity contribution < 1.29 is 9.18 Å². The van der Waals surface area contributed by atoms with Gasteiger partial charge in [0.05, 0.1) is 5.69 Å². The standard InChI is InChI=1S/C14H15ClFN3O/c1-9-12(11-4-3-10(15)7-13(11)16)8-19(18-9)6-5-14(20)17-2/h3-4,7-8H,5-6H2,1-2H3,(H,17,20). The molecule has 1 N–H and O–H groups in total. The molecule has 2 aromatic rings. The van der Waals surface area contributed by atoms with Crippen LogP contribution in [0.2, 0.25) is 5.02 Å². The average molecular weight is 296 g/mol. The summed E-state index contributed by atoms with van der Waals surface area (Å²) in [5.41, 5.74) is 1.87. The van der Waals surface area contributed by atoms with E-state index in [0.29, 0.717) is 34.8 Å². The van der Waals surface area contributed by atoms with E-state index in [1.54, 1.807) is 37.0 Å². The van der Waals surface area contributed by atoms with Gasteiger partial charge in [0.15, 0.2) is 0 Å². The summed E-state index contributed by atoms with van der Waals surface area (Å²) >= 11 is 5.74. The van der Waals surface area contributed by atoms with Crippen LogP contribution in [0.3, 0.4) is 0 Å². The van der Waals surface area contributed by atoms with Crippen molar-refractivity contribution in [3.8, 4) is 11.1 Å². The maximum absolute atomic E-state index is 13.9. The third-order valence-electron chi connectivity index (χ3n) is 3.01. The van der Waals surface area contributed by atoms with Crippen LogP contribution in [0.25, 0.3) is 11.1 Å². The molecule has 0 aliphatic heterocycles. The van der Waals surface area contributed by atoms with E-state index in [2.05, 4.69) is 10.4 Å². The van der Waals surface area contributed by atoms with Gasteiger partial charge < -0.3 is 5.32 Å². The second-order valence-corrected chi connectivity index (χ2v) is 4.88. The fourth-order valence-corrected chi connectivity index (χ4v) is 2.10. The predicted molar refractivity (Wildman–Crippen MR) is 76.1 cm³/mol. The van der Waals surface area contributed by atoms with Crippen LogP contribution in [-0.4, -0.2) is 22.7 Å². The number of halogens is 2. The molecule has 1 aromatic heterocycles. The van der Waals surface area contributed by atoms with Crippen LogP contribution in [0.15, 0.2) is 24.4 Å². The van der Waals surface area contributed by atoms with E-state index in [9.17, 15) is 9.18 Å². The van der Waals surface area contributed by atoms with E-state index in [4.69, 9.17) is 11.6 Å². The van der Waals surface area contributed by atoms with Gasteiger partial charge in [0, 0.05) is 42.4 Å². The molecule has 2 rings (SSSR count). The Morgan fingerprint density at radius 1 is 1.45 bits per heavy atom. The number of aromatic nitrogens is 2. The Morgan fingerprint density at radius 2 is 2.20 bits per heavy atom. The van der Waals surface area contributed by atoms with Crippen LogP contribution in [0.4, 0.5) is 4.39 Å². The second-order valence-electron chi connectivity index (χ2n) is 4.44. The molecule has 0 aliphatic carbocycles. The zero-order valence-corrected chi connectivity index (χ0v) is 12.0. The Bertz CT molecular complexity index is 639. The highest BCUT2D eigenvalue weighted by Gasteiger charge is 2.12. The Balaban J connectivity index is 2.25. The molecule has 1 amide bonds. The number of nitrogens with one attached hydrogen (secondary N) is 1. The fourth-order valence-electron chi connectivity index (χ4n) is 1.95. The van der Waals surface area contributed by atoms with E-state index < -0.39 is 0 Å². The van der Waals surface area contributed by atoms with Gasteiger partial charge in [-0.3, -0.25) is 9.48 Å². The van der Waals surface area contributed by atoms with E-state index in [1.807, 2.05) is 0 Å². The van der Waals surface area contributed by atoms with Crippen LogP contribution < -0.4 is 5.32 Å². The number of benzene rings is 1. The molecular weight excluding hydrogens is 281 g/mol. The normalized spacial score (nSPS) is 10.6. The quantitative estimate of drug-likeness (QED) is 0.943. The minimum atomic E-state index is -0.383. The van der Waals surface area contributed by atoms with Gasteiger partial charge in [0.2, 0.25) is 5.91 Å². The molecule has 0 unspecified atom stereocenters. The van der Waals surface area contributed by atoms with E-state index in [1.165, 1.54) is 6.07 Å². The third-order valence-corrected chi connectivity index (χ3v) is 3.25. The molecule has 20 heavy (non-hydrogen) atoms. The van der Waals surface area contributed by atoms with Gasteiger partial charge in [0.1, 0.15) is 5.82 Å². The molecule has 0 saturated heterocycles. The molecule has 0 spiro atoms. The van der Waals surface area contributed by atoms with Crippen molar-refractivity contribution in [3.05, 3.63) is 40.9 Å². The lowest BCUT2D eigenvalue weighted by Gasteiger charge is -2.02. The topological polar surface area (TPSA) is 46.9 Å². The maximum atomic E-state index is 13.9. The molecule has 106 valence electrons. The summed E-state index contributed by atoms with van der Waals surface area (Å²) in [6.07, 6.45) is 2.07. The first kappa shape index (κ1) is 14.5. The Kier molecular flexibility index (Phi) is 4.39. The minimum Gasteiger partial charge on any atom is -0.359 e. The van der Waals surface area contributed by atoms with Crippen molar-refractivity contribution in [2.45, 2.75) is 19.9 Å². The molecule has 6 heteroatoms. The highest BCUT2D eigenvalue weighted by atomic mass is 35.5. The van der Waals surface area contributed by atoms with Gasteiger partial charge in [-0.2, -0.15) is 5.10 Å². The van der Waals surface area contributed by atoms with E-state index >= 15 is 0 Å². The number of hydrogen-bond donors (Lipinski definition) is 1. The molecule has 0 bridgehead atoms. The molecule has 0 radical (unpaired) electrons. The van der Waals surface area contributed by atoms with Crippen molar-refractivity contribution in [1.82, 2.24) is 15.1 Å². The summed E-state index contributed by atoms with van der Waals surface area (Å²) in [5, 5.41) is 7.20. The molecule has 0 atom stereocenters. The number of nitrogens with zero attached hydrogens (tertiary/aromatic N) is 2. The molecule has 1 heterocycles. The van der Waals surface area contributed by atoms with Crippen molar-refractivity contribution in [2.75, 3.05) is 7.05 Å². The monoisotopic (exact) mass is 295 g/mol. The van der Waals surface area contributed by atoms with Crippen LogP contribution in [0, 0.1) is 12.7 Å². The van der Waals surface area contributed by atoms with Crippen LogP contribution in [0.1, 0.15) is 12.1 Å². The van der Waals surface area contributed by atoms with Gasteiger partial charge in [-0.15, -0.1) is 0 Å². The van der Waals surface area contributed by atoms with Gasteiger partial charge in [-0.05, 0) is 25.1 Å². The summed E-state index contributed by atoms with van der Waals surface area (Å²) < 4.78 is 15.6. The summed E-state index contributed by atoms with van der Waals surface area (Å²) in [5.74, 6) is -0.441. The maximum Gasteiger partial charge on any atom is 0.221 e. The first-order chi connectivity index (χ1) is 9.51. The Labute approximate surface area is 121 Å². The number of rotatable bonds is 4. The van der Waals surface area contributed by atoms with Crippen molar-refractivity contribution in [1.29, 1.82) is 0 Å². The fraction of sp³-hybridized carbons (Fsp3) is 0.286. The lowest BCUT2D eigenvalue weighted by atomic mass is 10.1. The smallest absolute Gasteiger partial charge is 0.221 e. The number of hydrogen-bond acceptors (Lipinski definition) is 2. The lowest BCUT2D eigenvalue weighted by molar-refractivity contribution is -0.120. The first-order valence-corrected chi connectivity index (χ1v) is 6.59. The Morgan fingerprint density at radius 3 is 2.85 bits per heavy atom. The van der Waals surface area contributed by atoms with E-state index in [-0.39, 0.29) is 11.7 Å². The summed E-state index contributed by atoms with van der Waals surface area (Å²) in [6, 6.07) is 4.55. The van der Waals surface area contributed by atoms with Crippen molar-refractivity contribution in [2.24, 2.45) is 0 Å². The highest BCUT2D eigenvalue weighted by molar-refractivity contribution is 6.30. The van der Waals surface area contributed by atoms with Crippen LogP contribution in [0.5, 0.6) is 0 Å². The lowest BCUT2D eigenvalue weighted by Crippen LogP contribution is -2.19. The molecule has 0 fully saturated rings. The zero-order chi connectivity index (χ0) is 14.7. The number of carbonyl (C=O) groups excluding carboxylic acids is 1. The largest absolute Gasteiger partial charge is 0.359 e. The molecule has 0 aliphatic rings. The predicted octanol–water partition coefficient (Wildman–Crippen LogP) is 2.79. The summed E-state index contributed by atoms with van der Waals surface area (Å²) in [6.45, 7) is 2.26. The average Bonchev–Trinajstić information content (AvgIpc) is 2.77. The summed E-state index contributed by atoms with van der Waals surface area (Å²) in [4.78, 5) is 11.2. The molecule has 0 saturated carbocycles. The van der Waals surface area contributed by atoms with Gasteiger partial charge in [-0.1, -0.05) is 11.6 Å². The van der Waals surface area contributed by atoms with Gasteiger partial charge in [0.25, 0.3) is 0 Å².